The minimum absolute atomic E-state index is 0.0747. The SMILES string of the molecule is Cc1c(C(=O)C(C)C)nnn1-c1cc(Cl)ccc1C#N. The molecule has 0 bridgehead atoms. The summed E-state index contributed by atoms with van der Waals surface area (Å²) >= 11 is 5.96. The van der Waals surface area contributed by atoms with E-state index in [4.69, 9.17) is 16.9 Å². The van der Waals surface area contributed by atoms with Crippen LogP contribution in [0, 0.1) is 24.2 Å². The molecule has 0 radical (unpaired) electrons. The molecular weight excluding hydrogens is 276 g/mol. The molecule has 0 aliphatic rings. The van der Waals surface area contributed by atoms with E-state index in [1.165, 1.54) is 4.68 Å². The van der Waals surface area contributed by atoms with Crippen LogP contribution in [0.15, 0.2) is 18.2 Å². The third-order valence-electron chi connectivity index (χ3n) is 2.96. The zero-order valence-corrected chi connectivity index (χ0v) is 12.1. The lowest BCUT2D eigenvalue weighted by Gasteiger charge is -2.07. The van der Waals surface area contributed by atoms with E-state index in [1.807, 2.05) is 0 Å². The fourth-order valence-electron chi connectivity index (χ4n) is 1.83. The van der Waals surface area contributed by atoms with Crippen LogP contribution in [0.25, 0.3) is 5.69 Å². The summed E-state index contributed by atoms with van der Waals surface area (Å²) in [6, 6.07) is 6.96. The van der Waals surface area contributed by atoms with E-state index in [0.717, 1.165) is 0 Å². The van der Waals surface area contributed by atoms with E-state index in [0.29, 0.717) is 27.7 Å². The topological polar surface area (TPSA) is 71.6 Å². The second-order valence-corrected chi connectivity index (χ2v) is 5.16. The van der Waals surface area contributed by atoms with E-state index in [-0.39, 0.29) is 11.7 Å². The Bertz CT molecular complexity index is 712. The Labute approximate surface area is 121 Å². The maximum absolute atomic E-state index is 12.0. The van der Waals surface area contributed by atoms with Crippen molar-refractivity contribution in [2.75, 3.05) is 0 Å². The molecule has 1 aromatic carbocycles. The first-order valence-corrected chi connectivity index (χ1v) is 6.50. The molecule has 102 valence electrons. The average molecular weight is 289 g/mol. The molecule has 0 N–H and O–H groups in total. The fraction of sp³-hybridized carbons (Fsp3) is 0.286. The first kappa shape index (κ1) is 14.2. The summed E-state index contributed by atoms with van der Waals surface area (Å²) in [5.74, 6) is -0.233. The van der Waals surface area contributed by atoms with Gasteiger partial charge < -0.3 is 0 Å². The molecule has 0 saturated carbocycles. The van der Waals surface area contributed by atoms with Crippen molar-refractivity contribution >= 4 is 17.4 Å². The van der Waals surface area contributed by atoms with Gasteiger partial charge in [-0.15, -0.1) is 5.10 Å². The van der Waals surface area contributed by atoms with Gasteiger partial charge in [-0.25, -0.2) is 4.68 Å². The number of carbonyl (C=O) groups excluding carboxylic acids is 1. The molecule has 0 fully saturated rings. The third kappa shape index (κ3) is 2.43. The van der Waals surface area contributed by atoms with Crippen molar-refractivity contribution in [1.82, 2.24) is 15.0 Å². The number of ketones is 1. The lowest BCUT2D eigenvalue weighted by atomic mass is 10.1. The lowest BCUT2D eigenvalue weighted by molar-refractivity contribution is 0.0933. The smallest absolute Gasteiger partial charge is 0.187 e. The molecule has 6 heteroatoms. The van der Waals surface area contributed by atoms with Gasteiger partial charge in [0.15, 0.2) is 11.5 Å². The zero-order valence-electron chi connectivity index (χ0n) is 11.4. The van der Waals surface area contributed by atoms with Gasteiger partial charge in [0, 0.05) is 10.9 Å². The fourth-order valence-corrected chi connectivity index (χ4v) is 2.00. The highest BCUT2D eigenvalue weighted by Gasteiger charge is 2.20. The van der Waals surface area contributed by atoms with Gasteiger partial charge in [0.05, 0.1) is 16.9 Å². The van der Waals surface area contributed by atoms with Gasteiger partial charge in [0.25, 0.3) is 0 Å². The number of Topliss-reactive ketones (excluding diaryl/α,β-unsaturated/α-hetero) is 1. The van der Waals surface area contributed by atoms with Gasteiger partial charge in [-0.1, -0.05) is 30.7 Å². The van der Waals surface area contributed by atoms with E-state index in [9.17, 15) is 4.79 Å². The standard InChI is InChI=1S/C14H13ClN4O/c1-8(2)14(20)13-9(3)19(18-17-13)12-6-11(15)5-4-10(12)7-16/h4-6,8H,1-3H3. The predicted molar refractivity (Wildman–Crippen MR) is 75.0 cm³/mol. The number of rotatable bonds is 3. The number of nitriles is 1. The summed E-state index contributed by atoms with van der Waals surface area (Å²) in [7, 11) is 0. The Morgan fingerprint density at radius 1 is 1.45 bits per heavy atom. The first-order valence-electron chi connectivity index (χ1n) is 6.12. The van der Waals surface area contributed by atoms with Crippen molar-refractivity contribution in [3.63, 3.8) is 0 Å². The third-order valence-corrected chi connectivity index (χ3v) is 3.20. The predicted octanol–water partition coefficient (Wildman–Crippen LogP) is 2.94. The number of nitrogens with zero attached hydrogens (tertiary/aromatic N) is 4. The largest absolute Gasteiger partial charge is 0.292 e. The van der Waals surface area contributed by atoms with Crippen molar-refractivity contribution in [2.45, 2.75) is 20.8 Å². The zero-order chi connectivity index (χ0) is 14.9. The Balaban J connectivity index is 2.59. The molecule has 0 aliphatic carbocycles. The van der Waals surface area contributed by atoms with Crippen molar-refractivity contribution in [3.8, 4) is 11.8 Å². The van der Waals surface area contributed by atoms with E-state index < -0.39 is 0 Å². The summed E-state index contributed by atoms with van der Waals surface area (Å²) in [6.07, 6.45) is 0. The van der Waals surface area contributed by atoms with Crippen LogP contribution in [0.1, 0.15) is 35.6 Å². The Morgan fingerprint density at radius 3 is 2.75 bits per heavy atom. The van der Waals surface area contributed by atoms with Crippen LogP contribution < -0.4 is 0 Å². The second kappa shape index (κ2) is 5.43. The quantitative estimate of drug-likeness (QED) is 0.814. The second-order valence-electron chi connectivity index (χ2n) is 4.73. The molecule has 20 heavy (non-hydrogen) atoms. The van der Waals surface area contributed by atoms with Crippen LogP contribution in [0.3, 0.4) is 0 Å². The molecule has 0 aliphatic heterocycles. The molecule has 0 atom stereocenters. The maximum atomic E-state index is 12.0. The van der Waals surface area contributed by atoms with E-state index in [2.05, 4.69) is 16.4 Å². The minimum atomic E-state index is -0.159. The van der Waals surface area contributed by atoms with Gasteiger partial charge in [-0.05, 0) is 25.1 Å². The number of aromatic nitrogens is 3. The van der Waals surface area contributed by atoms with Crippen molar-refractivity contribution in [2.24, 2.45) is 5.92 Å². The lowest BCUT2D eigenvalue weighted by Crippen LogP contribution is -2.10. The highest BCUT2D eigenvalue weighted by Crippen LogP contribution is 2.21. The van der Waals surface area contributed by atoms with Crippen molar-refractivity contribution in [1.29, 1.82) is 5.26 Å². The normalized spacial score (nSPS) is 10.6. The molecule has 0 amide bonds. The Morgan fingerprint density at radius 2 is 2.15 bits per heavy atom. The summed E-state index contributed by atoms with van der Waals surface area (Å²) in [6.45, 7) is 5.36. The molecule has 0 saturated heterocycles. The summed E-state index contributed by atoms with van der Waals surface area (Å²) in [5.41, 5.74) is 1.87. The molecule has 2 aromatic rings. The maximum Gasteiger partial charge on any atom is 0.187 e. The average Bonchev–Trinajstić information content (AvgIpc) is 2.79. The molecule has 1 heterocycles. The monoisotopic (exact) mass is 288 g/mol. The van der Waals surface area contributed by atoms with Crippen LogP contribution >= 0.6 is 11.6 Å². The summed E-state index contributed by atoms with van der Waals surface area (Å²) in [4.78, 5) is 12.0. The number of halogens is 1. The van der Waals surface area contributed by atoms with Crippen LogP contribution in [-0.4, -0.2) is 20.8 Å². The molecule has 0 unspecified atom stereocenters. The summed E-state index contributed by atoms with van der Waals surface area (Å²) < 4.78 is 1.47. The molecule has 0 spiro atoms. The minimum Gasteiger partial charge on any atom is -0.292 e. The first-order chi connectivity index (χ1) is 9.45. The molecule has 1 aromatic heterocycles. The van der Waals surface area contributed by atoms with Gasteiger partial charge >= 0.3 is 0 Å². The van der Waals surface area contributed by atoms with Crippen LogP contribution in [0.5, 0.6) is 0 Å². The van der Waals surface area contributed by atoms with E-state index >= 15 is 0 Å². The summed E-state index contributed by atoms with van der Waals surface area (Å²) in [5, 5.41) is 17.5. The van der Waals surface area contributed by atoms with Crippen LogP contribution in [0.4, 0.5) is 0 Å². The van der Waals surface area contributed by atoms with Crippen molar-refractivity contribution in [3.05, 3.63) is 40.2 Å². The van der Waals surface area contributed by atoms with Crippen LogP contribution in [-0.2, 0) is 0 Å². The van der Waals surface area contributed by atoms with Gasteiger partial charge in [-0.2, -0.15) is 5.26 Å². The molecule has 5 nitrogen and oxygen atoms in total. The molecular formula is C14H13ClN4O. The molecule has 2 rings (SSSR count). The van der Waals surface area contributed by atoms with Gasteiger partial charge in [0.1, 0.15) is 6.07 Å². The number of carbonyl (C=O) groups is 1. The highest BCUT2D eigenvalue weighted by atomic mass is 35.5. The Hall–Kier alpha value is -2.19. The van der Waals surface area contributed by atoms with Gasteiger partial charge in [-0.3, -0.25) is 4.79 Å². The number of hydrogen-bond donors (Lipinski definition) is 0. The Kier molecular flexibility index (Phi) is 3.86. The van der Waals surface area contributed by atoms with E-state index in [1.54, 1.807) is 39.0 Å². The van der Waals surface area contributed by atoms with Crippen LogP contribution in [0.2, 0.25) is 5.02 Å². The number of benzene rings is 1. The van der Waals surface area contributed by atoms with Crippen molar-refractivity contribution < 1.29 is 4.79 Å². The number of hydrogen-bond acceptors (Lipinski definition) is 4. The highest BCUT2D eigenvalue weighted by molar-refractivity contribution is 6.30. The van der Waals surface area contributed by atoms with Gasteiger partial charge in [0.2, 0.25) is 0 Å².